The summed E-state index contributed by atoms with van der Waals surface area (Å²) in [5, 5.41) is 0.374. The van der Waals surface area contributed by atoms with Crippen LogP contribution in [0.2, 0.25) is 5.02 Å². The van der Waals surface area contributed by atoms with Crippen LogP contribution in [-0.4, -0.2) is 8.42 Å². The lowest BCUT2D eigenvalue weighted by molar-refractivity contribution is 0.601. The number of anilines is 2. The Labute approximate surface area is 123 Å². The van der Waals surface area contributed by atoms with Gasteiger partial charge in [0.2, 0.25) is 0 Å². The second kappa shape index (κ2) is 5.34. The first-order valence-electron chi connectivity index (χ1n) is 5.95. The summed E-state index contributed by atoms with van der Waals surface area (Å²) in [6.45, 7) is 3.64. The van der Waals surface area contributed by atoms with E-state index >= 15 is 0 Å². The number of rotatable bonds is 3. The van der Waals surface area contributed by atoms with Crippen molar-refractivity contribution in [1.82, 2.24) is 0 Å². The SMILES string of the molecule is Cc1ccc(NS(=O)(=O)c2cc(C)c(Cl)c(N)c2)cc1. The van der Waals surface area contributed by atoms with Gasteiger partial charge >= 0.3 is 0 Å². The van der Waals surface area contributed by atoms with Crippen LogP contribution in [0.3, 0.4) is 0 Å². The van der Waals surface area contributed by atoms with Gasteiger partial charge in [-0.25, -0.2) is 8.42 Å². The van der Waals surface area contributed by atoms with E-state index in [1.807, 2.05) is 19.1 Å². The molecule has 0 spiro atoms. The van der Waals surface area contributed by atoms with Crippen LogP contribution in [0.25, 0.3) is 0 Å². The number of nitrogens with one attached hydrogen (secondary N) is 1. The molecule has 4 nitrogen and oxygen atoms in total. The highest BCUT2D eigenvalue weighted by Gasteiger charge is 2.16. The van der Waals surface area contributed by atoms with E-state index in [4.69, 9.17) is 17.3 Å². The van der Waals surface area contributed by atoms with Gasteiger partial charge in [0.15, 0.2) is 0 Å². The van der Waals surface area contributed by atoms with Crippen molar-refractivity contribution >= 4 is 33.0 Å². The second-order valence-corrected chi connectivity index (χ2v) is 6.68. The molecule has 0 aliphatic carbocycles. The van der Waals surface area contributed by atoms with Crippen molar-refractivity contribution in [3.8, 4) is 0 Å². The Morgan fingerprint density at radius 2 is 1.70 bits per heavy atom. The molecule has 0 heterocycles. The number of hydrogen-bond donors (Lipinski definition) is 2. The molecule has 3 N–H and O–H groups in total. The lowest BCUT2D eigenvalue weighted by Crippen LogP contribution is -2.13. The van der Waals surface area contributed by atoms with E-state index < -0.39 is 10.0 Å². The molecule has 0 bridgehead atoms. The van der Waals surface area contributed by atoms with Crippen LogP contribution in [0.5, 0.6) is 0 Å². The summed E-state index contributed by atoms with van der Waals surface area (Å²) in [5.74, 6) is 0. The Bertz CT molecular complexity index is 717. The minimum absolute atomic E-state index is 0.0949. The van der Waals surface area contributed by atoms with Crippen LogP contribution in [0.15, 0.2) is 41.3 Å². The first-order chi connectivity index (χ1) is 9.29. The Balaban J connectivity index is 2.38. The summed E-state index contributed by atoms with van der Waals surface area (Å²) >= 11 is 5.94. The fraction of sp³-hybridized carbons (Fsp3) is 0.143. The third-order valence-electron chi connectivity index (χ3n) is 2.87. The van der Waals surface area contributed by atoms with Crippen LogP contribution in [0.4, 0.5) is 11.4 Å². The molecule has 106 valence electrons. The topological polar surface area (TPSA) is 72.2 Å². The third-order valence-corrected chi connectivity index (χ3v) is 4.75. The number of nitrogens with two attached hydrogens (primary N) is 1. The standard InChI is InChI=1S/C14H15ClN2O2S/c1-9-3-5-11(6-4-9)17-20(18,19)12-7-10(2)14(15)13(16)8-12/h3-8,17H,16H2,1-2H3. The largest absolute Gasteiger partial charge is 0.397 e. The van der Waals surface area contributed by atoms with Crippen molar-refractivity contribution < 1.29 is 8.42 Å². The molecule has 0 unspecified atom stereocenters. The zero-order chi connectivity index (χ0) is 14.9. The van der Waals surface area contributed by atoms with Gasteiger partial charge < -0.3 is 5.73 Å². The van der Waals surface area contributed by atoms with Crippen molar-refractivity contribution in [1.29, 1.82) is 0 Å². The predicted molar refractivity (Wildman–Crippen MR) is 82.6 cm³/mol. The van der Waals surface area contributed by atoms with E-state index in [1.165, 1.54) is 12.1 Å². The quantitative estimate of drug-likeness (QED) is 0.854. The molecule has 0 saturated heterocycles. The number of halogens is 1. The molecule has 0 radical (unpaired) electrons. The maximum atomic E-state index is 12.3. The van der Waals surface area contributed by atoms with E-state index in [0.717, 1.165) is 5.56 Å². The maximum Gasteiger partial charge on any atom is 0.261 e. The first-order valence-corrected chi connectivity index (χ1v) is 7.81. The molecule has 0 aliphatic rings. The highest BCUT2D eigenvalue weighted by Crippen LogP contribution is 2.27. The summed E-state index contributed by atoms with van der Waals surface area (Å²) in [7, 11) is -3.68. The zero-order valence-corrected chi connectivity index (χ0v) is 12.7. The highest BCUT2D eigenvalue weighted by molar-refractivity contribution is 7.92. The summed E-state index contributed by atoms with van der Waals surface area (Å²) in [5.41, 5.74) is 8.13. The molecule has 0 aliphatic heterocycles. The lowest BCUT2D eigenvalue weighted by Gasteiger charge is -2.11. The Morgan fingerprint density at radius 1 is 1.10 bits per heavy atom. The predicted octanol–water partition coefficient (Wildman–Crippen LogP) is 3.34. The van der Waals surface area contributed by atoms with Gasteiger partial charge in [0.05, 0.1) is 15.6 Å². The zero-order valence-electron chi connectivity index (χ0n) is 11.1. The van der Waals surface area contributed by atoms with Gasteiger partial charge in [-0.2, -0.15) is 0 Å². The average Bonchev–Trinajstić information content (AvgIpc) is 2.38. The monoisotopic (exact) mass is 310 g/mol. The van der Waals surface area contributed by atoms with Crippen molar-refractivity contribution in [2.45, 2.75) is 18.7 Å². The summed E-state index contributed by atoms with van der Waals surface area (Å²) < 4.78 is 27.1. The molecular weight excluding hydrogens is 296 g/mol. The Morgan fingerprint density at radius 3 is 2.25 bits per heavy atom. The van der Waals surface area contributed by atoms with E-state index in [0.29, 0.717) is 16.3 Å². The van der Waals surface area contributed by atoms with Gasteiger partial charge in [-0.1, -0.05) is 29.3 Å². The molecule has 6 heteroatoms. The average molecular weight is 311 g/mol. The van der Waals surface area contributed by atoms with Crippen LogP contribution in [0.1, 0.15) is 11.1 Å². The van der Waals surface area contributed by atoms with E-state index in [1.54, 1.807) is 19.1 Å². The van der Waals surface area contributed by atoms with E-state index in [2.05, 4.69) is 4.72 Å². The van der Waals surface area contributed by atoms with Gasteiger partial charge in [0.25, 0.3) is 10.0 Å². The normalized spacial score (nSPS) is 11.3. The molecule has 0 saturated carbocycles. The third kappa shape index (κ3) is 3.05. The molecule has 2 aromatic rings. The minimum Gasteiger partial charge on any atom is -0.397 e. The number of hydrogen-bond acceptors (Lipinski definition) is 3. The summed E-state index contributed by atoms with van der Waals surface area (Å²) in [6, 6.07) is 9.93. The fourth-order valence-corrected chi connectivity index (χ4v) is 3.04. The maximum absolute atomic E-state index is 12.3. The smallest absolute Gasteiger partial charge is 0.261 e. The summed E-state index contributed by atoms with van der Waals surface area (Å²) in [6.07, 6.45) is 0. The molecule has 0 fully saturated rings. The van der Waals surface area contributed by atoms with Crippen LogP contribution < -0.4 is 10.5 Å². The van der Waals surface area contributed by atoms with Crippen molar-refractivity contribution in [2.24, 2.45) is 0 Å². The Kier molecular flexibility index (Phi) is 3.92. The number of sulfonamides is 1. The van der Waals surface area contributed by atoms with Crippen molar-refractivity contribution in [3.05, 3.63) is 52.5 Å². The van der Waals surface area contributed by atoms with Crippen LogP contribution >= 0.6 is 11.6 Å². The molecule has 2 rings (SSSR count). The van der Waals surface area contributed by atoms with Crippen molar-refractivity contribution in [3.63, 3.8) is 0 Å². The van der Waals surface area contributed by atoms with E-state index in [-0.39, 0.29) is 10.6 Å². The van der Waals surface area contributed by atoms with Gasteiger partial charge in [-0.3, -0.25) is 4.72 Å². The molecule has 0 amide bonds. The van der Waals surface area contributed by atoms with Gasteiger partial charge in [0.1, 0.15) is 0 Å². The Hall–Kier alpha value is -1.72. The van der Waals surface area contributed by atoms with Crippen LogP contribution in [0, 0.1) is 13.8 Å². The highest BCUT2D eigenvalue weighted by atomic mass is 35.5. The van der Waals surface area contributed by atoms with Gasteiger partial charge in [-0.05, 0) is 43.7 Å². The van der Waals surface area contributed by atoms with Crippen molar-refractivity contribution in [2.75, 3.05) is 10.5 Å². The second-order valence-electron chi connectivity index (χ2n) is 4.61. The molecule has 0 atom stereocenters. The van der Waals surface area contributed by atoms with Gasteiger partial charge in [-0.15, -0.1) is 0 Å². The number of benzene rings is 2. The molecule has 20 heavy (non-hydrogen) atoms. The molecular formula is C14H15ClN2O2S. The summed E-state index contributed by atoms with van der Waals surface area (Å²) in [4.78, 5) is 0.0949. The lowest BCUT2D eigenvalue weighted by atomic mass is 10.2. The molecule has 0 aromatic heterocycles. The number of aryl methyl sites for hydroxylation is 2. The van der Waals surface area contributed by atoms with Crippen LogP contribution in [-0.2, 0) is 10.0 Å². The molecule has 2 aromatic carbocycles. The number of nitrogen functional groups attached to an aromatic ring is 1. The minimum atomic E-state index is -3.68. The van der Waals surface area contributed by atoms with E-state index in [9.17, 15) is 8.42 Å². The van der Waals surface area contributed by atoms with Gasteiger partial charge in [0, 0.05) is 5.69 Å². The fourth-order valence-electron chi connectivity index (χ4n) is 1.75. The first kappa shape index (κ1) is 14.7.